The molecule has 0 aliphatic heterocycles. The van der Waals surface area contributed by atoms with Crippen LogP contribution < -0.4 is 0 Å². The van der Waals surface area contributed by atoms with Gasteiger partial charge in [-0.1, -0.05) is 77.8 Å². The molecule has 0 N–H and O–H groups in total. The third-order valence-electron chi connectivity index (χ3n) is 4.88. The van der Waals surface area contributed by atoms with E-state index in [0.29, 0.717) is 10.6 Å². The van der Waals surface area contributed by atoms with Gasteiger partial charge in [-0.15, -0.1) is 0 Å². The van der Waals surface area contributed by atoms with Gasteiger partial charge in [0, 0.05) is 39.8 Å². The fraction of sp³-hybridized carbons (Fsp3) is 0.0800. The monoisotopic (exact) mass is 382 g/mol. The Bertz CT molecular complexity index is 1210. The number of halogens is 1. The third kappa shape index (κ3) is 3.58. The third-order valence-corrected chi connectivity index (χ3v) is 5.21. The highest BCUT2D eigenvalue weighted by Gasteiger charge is 2.10. The first-order chi connectivity index (χ1) is 13.7. The van der Waals surface area contributed by atoms with Crippen LogP contribution in [0, 0.1) is 18.3 Å². The van der Waals surface area contributed by atoms with E-state index in [4.69, 9.17) is 11.6 Å². The molecular weight excluding hydrogens is 364 g/mol. The Morgan fingerprint density at radius 2 is 1.71 bits per heavy atom. The van der Waals surface area contributed by atoms with Crippen LogP contribution in [-0.2, 0) is 6.54 Å². The minimum Gasteiger partial charge on any atom is -0.342 e. The molecule has 1 heterocycles. The van der Waals surface area contributed by atoms with E-state index in [1.807, 2.05) is 42.5 Å². The molecule has 0 fully saturated rings. The predicted octanol–water partition coefficient (Wildman–Crippen LogP) is 6.72. The molecule has 136 valence electrons. The Hall–Kier alpha value is -3.28. The number of hydrogen-bond acceptors (Lipinski definition) is 1. The van der Waals surface area contributed by atoms with E-state index in [9.17, 15) is 5.26 Å². The molecular formula is C25H19ClN2. The minimum absolute atomic E-state index is 0.559. The summed E-state index contributed by atoms with van der Waals surface area (Å²) in [7, 11) is 0. The quantitative estimate of drug-likeness (QED) is 0.360. The van der Waals surface area contributed by atoms with Gasteiger partial charge in [0.1, 0.15) is 0 Å². The first-order valence-corrected chi connectivity index (χ1v) is 9.53. The van der Waals surface area contributed by atoms with E-state index in [0.717, 1.165) is 28.6 Å². The first kappa shape index (κ1) is 18.1. The summed E-state index contributed by atoms with van der Waals surface area (Å²) in [4.78, 5) is 0. The summed E-state index contributed by atoms with van der Waals surface area (Å²) in [6, 6.07) is 26.6. The van der Waals surface area contributed by atoms with Crippen molar-refractivity contribution in [3.8, 4) is 6.07 Å². The lowest BCUT2D eigenvalue weighted by Gasteiger charge is -2.06. The Morgan fingerprint density at radius 3 is 2.46 bits per heavy atom. The van der Waals surface area contributed by atoms with E-state index < -0.39 is 0 Å². The molecule has 3 aromatic carbocycles. The van der Waals surface area contributed by atoms with E-state index in [2.05, 4.69) is 60.2 Å². The van der Waals surface area contributed by atoms with Crippen molar-refractivity contribution in [2.24, 2.45) is 0 Å². The molecule has 0 radical (unpaired) electrons. The largest absolute Gasteiger partial charge is 0.342 e. The Morgan fingerprint density at radius 1 is 1.00 bits per heavy atom. The average molecular weight is 383 g/mol. The van der Waals surface area contributed by atoms with Crippen LogP contribution in [0.3, 0.4) is 0 Å². The van der Waals surface area contributed by atoms with Gasteiger partial charge in [0.25, 0.3) is 0 Å². The number of allylic oxidation sites excluding steroid dienone is 1. The van der Waals surface area contributed by atoms with Gasteiger partial charge in [-0.05, 0) is 30.7 Å². The molecule has 0 saturated heterocycles. The molecule has 0 atom stereocenters. The number of hydrogen-bond donors (Lipinski definition) is 0. The molecule has 3 heteroatoms. The number of nitrogens with zero attached hydrogens (tertiary/aromatic N) is 2. The fourth-order valence-electron chi connectivity index (χ4n) is 3.42. The fourth-order valence-corrected chi connectivity index (χ4v) is 3.65. The highest BCUT2D eigenvalue weighted by molar-refractivity contribution is 6.32. The van der Waals surface area contributed by atoms with Gasteiger partial charge in [0.2, 0.25) is 0 Å². The van der Waals surface area contributed by atoms with Crippen molar-refractivity contribution in [3.63, 3.8) is 0 Å². The van der Waals surface area contributed by atoms with Gasteiger partial charge in [-0.3, -0.25) is 0 Å². The van der Waals surface area contributed by atoms with Crippen LogP contribution in [0.1, 0.15) is 22.3 Å². The summed E-state index contributed by atoms with van der Waals surface area (Å²) in [5, 5.41) is 11.4. The molecule has 4 rings (SSSR count). The summed E-state index contributed by atoms with van der Waals surface area (Å²) in [6.45, 7) is 2.87. The first-order valence-electron chi connectivity index (χ1n) is 9.16. The lowest BCUT2D eigenvalue weighted by molar-refractivity contribution is 0.836. The Kier molecular flexibility index (Phi) is 5.02. The molecule has 0 amide bonds. The Balaban J connectivity index is 1.81. The lowest BCUT2D eigenvalue weighted by Crippen LogP contribution is -1.97. The normalized spacial score (nSPS) is 11.5. The molecule has 0 aliphatic rings. The van der Waals surface area contributed by atoms with Gasteiger partial charge in [0.05, 0.1) is 11.6 Å². The molecule has 28 heavy (non-hydrogen) atoms. The zero-order valence-corrected chi connectivity index (χ0v) is 16.3. The molecule has 0 unspecified atom stereocenters. The topological polar surface area (TPSA) is 28.7 Å². The molecule has 0 aliphatic carbocycles. The van der Waals surface area contributed by atoms with Crippen LogP contribution in [0.4, 0.5) is 0 Å². The minimum atomic E-state index is 0.559. The van der Waals surface area contributed by atoms with Crippen LogP contribution in [0.25, 0.3) is 22.6 Å². The number of nitriles is 1. The number of para-hydroxylation sites is 1. The van der Waals surface area contributed by atoms with Gasteiger partial charge in [-0.2, -0.15) is 5.26 Å². The zero-order valence-electron chi connectivity index (χ0n) is 15.6. The van der Waals surface area contributed by atoms with E-state index in [1.165, 1.54) is 11.1 Å². The summed E-state index contributed by atoms with van der Waals surface area (Å²) < 4.78 is 2.23. The van der Waals surface area contributed by atoms with E-state index in [-0.39, 0.29) is 0 Å². The molecule has 0 saturated carbocycles. The SMILES string of the molecule is Cc1ccc(Cn2cc(C=C(C#N)c3ccccc3Cl)c3ccccc32)cc1. The van der Waals surface area contributed by atoms with E-state index in [1.54, 1.807) is 0 Å². The van der Waals surface area contributed by atoms with Crippen LogP contribution >= 0.6 is 11.6 Å². The molecule has 0 spiro atoms. The number of aryl methyl sites for hydroxylation is 1. The Labute approximate surface area is 169 Å². The second kappa shape index (κ2) is 7.76. The standard InChI is InChI=1S/C25H19ClN2/c1-18-10-12-19(13-11-18)16-28-17-21(23-7-3-5-9-25(23)28)14-20(15-27)22-6-2-4-8-24(22)26/h2-14,17H,16H2,1H3. The maximum atomic E-state index is 9.72. The van der Waals surface area contributed by atoms with Gasteiger partial charge >= 0.3 is 0 Å². The number of benzene rings is 3. The summed E-state index contributed by atoms with van der Waals surface area (Å²) in [6.07, 6.45) is 4.04. The zero-order chi connectivity index (χ0) is 19.5. The molecule has 0 bridgehead atoms. The second-order valence-corrected chi connectivity index (χ2v) is 7.27. The lowest BCUT2D eigenvalue weighted by atomic mass is 10.0. The van der Waals surface area contributed by atoms with Crippen molar-refractivity contribution in [2.45, 2.75) is 13.5 Å². The van der Waals surface area contributed by atoms with Crippen LogP contribution in [0.15, 0.2) is 79.0 Å². The number of fused-ring (bicyclic) bond motifs is 1. The van der Waals surface area contributed by atoms with Crippen LogP contribution in [0.5, 0.6) is 0 Å². The van der Waals surface area contributed by atoms with Crippen molar-refractivity contribution < 1.29 is 0 Å². The van der Waals surface area contributed by atoms with Crippen molar-refractivity contribution in [1.82, 2.24) is 4.57 Å². The summed E-state index contributed by atoms with van der Waals surface area (Å²) in [5.74, 6) is 0. The molecule has 2 nitrogen and oxygen atoms in total. The highest BCUT2D eigenvalue weighted by atomic mass is 35.5. The maximum absolute atomic E-state index is 9.72. The predicted molar refractivity (Wildman–Crippen MR) is 117 cm³/mol. The summed E-state index contributed by atoms with van der Waals surface area (Å²) in [5.41, 5.74) is 5.97. The highest BCUT2D eigenvalue weighted by Crippen LogP contribution is 2.29. The van der Waals surface area contributed by atoms with E-state index >= 15 is 0 Å². The van der Waals surface area contributed by atoms with Crippen molar-refractivity contribution in [1.29, 1.82) is 5.26 Å². The smallest absolute Gasteiger partial charge is 0.0998 e. The summed E-state index contributed by atoms with van der Waals surface area (Å²) >= 11 is 6.31. The number of aromatic nitrogens is 1. The van der Waals surface area contributed by atoms with Crippen molar-refractivity contribution in [3.05, 3.63) is 106 Å². The molecule has 1 aromatic heterocycles. The van der Waals surface area contributed by atoms with Gasteiger partial charge < -0.3 is 4.57 Å². The molecule has 4 aromatic rings. The van der Waals surface area contributed by atoms with Gasteiger partial charge in [0.15, 0.2) is 0 Å². The van der Waals surface area contributed by atoms with Crippen molar-refractivity contribution >= 4 is 34.2 Å². The number of rotatable bonds is 4. The average Bonchev–Trinajstić information content (AvgIpc) is 3.06. The van der Waals surface area contributed by atoms with Gasteiger partial charge in [-0.25, -0.2) is 0 Å². The van der Waals surface area contributed by atoms with Crippen LogP contribution in [-0.4, -0.2) is 4.57 Å². The van der Waals surface area contributed by atoms with Crippen molar-refractivity contribution in [2.75, 3.05) is 0 Å². The van der Waals surface area contributed by atoms with Crippen LogP contribution in [0.2, 0.25) is 5.02 Å². The second-order valence-electron chi connectivity index (χ2n) is 6.86. The maximum Gasteiger partial charge on any atom is 0.0998 e.